The highest BCUT2D eigenvalue weighted by Gasteiger charge is 2.34. The molecule has 0 fully saturated rings. The van der Waals surface area contributed by atoms with Gasteiger partial charge in [-0.15, -0.1) is 0 Å². The monoisotopic (exact) mass is 361 g/mol. The number of benzene rings is 1. The summed E-state index contributed by atoms with van der Waals surface area (Å²) in [5.74, 6) is 6.11. The van der Waals surface area contributed by atoms with Crippen LogP contribution >= 0.6 is 0 Å². The summed E-state index contributed by atoms with van der Waals surface area (Å²) in [5, 5.41) is 3.35. The second-order valence-electron chi connectivity index (χ2n) is 6.44. The molecule has 0 radical (unpaired) electrons. The minimum Gasteiger partial charge on any atom is -0.353 e. The van der Waals surface area contributed by atoms with E-state index in [1.54, 1.807) is 12.4 Å². The van der Waals surface area contributed by atoms with E-state index in [0.29, 0.717) is 29.2 Å². The van der Waals surface area contributed by atoms with E-state index in [2.05, 4.69) is 10.3 Å². The molecule has 3 aromatic rings. The first-order chi connectivity index (χ1) is 13.1. The fraction of sp³-hybridized carbons (Fsp3) is 0.150. The highest BCUT2D eigenvalue weighted by Crippen LogP contribution is 2.39. The van der Waals surface area contributed by atoms with E-state index >= 15 is 0 Å². The summed E-state index contributed by atoms with van der Waals surface area (Å²) in [4.78, 5) is 30.3. The molecule has 0 unspecified atom stereocenters. The summed E-state index contributed by atoms with van der Waals surface area (Å²) < 4.78 is 1.50. The lowest BCUT2D eigenvalue weighted by Gasteiger charge is -2.25. The number of nitrogens with one attached hydrogen (secondary N) is 1. The van der Waals surface area contributed by atoms with Crippen LogP contribution in [0.4, 0.5) is 11.4 Å². The molecule has 1 amide bonds. The zero-order valence-corrected chi connectivity index (χ0v) is 14.8. The average molecular weight is 361 g/mol. The Hall–Kier alpha value is -3.61. The minimum absolute atomic E-state index is 0.0472. The summed E-state index contributed by atoms with van der Waals surface area (Å²) in [6.07, 6.45) is 3.36. The Kier molecular flexibility index (Phi) is 4.12. The largest absolute Gasteiger partial charge is 0.353 e. The van der Waals surface area contributed by atoms with Crippen molar-refractivity contribution in [1.29, 1.82) is 0 Å². The van der Waals surface area contributed by atoms with Crippen LogP contribution in [-0.2, 0) is 11.3 Å². The number of nitrogens with zero attached hydrogens (tertiary/aromatic N) is 3. The van der Waals surface area contributed by atoms with Gasteiger partial charge in [0.05, 0.1) is 35.7 Å². The molecule has 0 saturated heterocycles. The van der Waals surface area contributed by atoms with Gasteiger partial charge in [-0.25, -0.2) is 0 Å². The van der Waals surface area contributed by atoms with Gasteiger partial charge in [0.15, 0.2) is 5.78 Å². The molecule has 0 aliphatic carbocycles. The van der Waals surface area contributed by atoms with Crippen molar-refractivity contribution in [3.8, 4) is 11.3 Å². The maximum Gasteiger partial charge on any atom is 0.220 e. The van der Waals surface area contributed by atoms with Crippen LogP contribution in [-0.4, -0.2) is 32.8 Å². The number of pyridine rings is 1. The van der Waals surface area contributed by atoms with Crippen molar-refractivity contribution in [2.45, 2.75) is 13.5 Å². The summed E-state index contributed by atoms with van der Waals surface area (Å²) in [6.45, 7) is 1.79. The van der Waals surface area contributed by atoms with Gasteiger partial charge < -0.3 is 16.1 Å². The second kappa shape index (κ2) is 6.60. The average Bonchev–Trinajstić information content (AvgIpc) is 2.95. The van der Waals surface area contributed by atoms with Crippen LogP contribution in [0, 0.1) is 0 Å². The molecule has 136 valence electrons. The van der Waals surface area contributed by atoms with Crippen LogP contribution < -0.4 is 11.2 Å². The smallest absolute Gasteiger partial charge is 0.220 e. The molecule has 1 aliphatic rings. The van der Waals surface area contributed by atoms with Crippen LogP contribution in [0.5, 0.6) is 0 Å². The van der Waals surface area contributed by atoms with Gasteiger partial charge in [0, 0.05) is 30.6 Å². The van der Waals surface area contributed by atoms with Crippen molar-refractivity contribution >= 4 is 23.1 Å². The van der Waals surface area contributed by atoms with Gasteiger partial charge in [0.2, 0.25) is 5.91 Å². The van der Waals surface area contributed by atoms with Crippen molar-refractivity contribution in [2.24, 2.45) is 0 Å². The Balaban J connectivity index is 1.92. The van der Waals surface area contributed by atoms with E-state index in [1.165, 1.54) is 16.5 Å². The molecule has 3 N–H and O–H groups in total. The topological polar surface area (TPSA) is 93.2 Å². The van der Waals surface area contributed by atoms with Crippen molar-refractivity contribution in [3.63, 3.8) is 0 Å². The zero-order valence-electron chi connectivity index (χ0n) is 14.8. The summed E-state index contributed by atoms with van der Waals surface area (Å²) in [6, 6.07) is 13.3. The van der Waals surface area contributed by atoms with Crippen LogP contribution in [0.2, 0.25) is 0 Å². The molecule has 3 heterocycles. The van der Waals surface area contributed by atoms with E-state index in [1.807, 2.05) is 42.5 Å². The van der Waals surface area contributed by atoms with Crippen LogP contribution in [0.1, 0.15) is 23.0 Å². The van der Waals surface area contributed by atoms with E-state index in [9.17, 15) is 9.59 Å². The van der Waals surface area contributed by atoms with E-state index in [4.69, 9.17) is 5.84 Å². The Bertz CT molecular complexity index is 1010. The van der Waals surface area contributed by atoms with Crippen LogP contribution in [0.25, 0.3) is 11.3 Å². The Morgan fingerprint density at radius 3 is 2.48 bits per heavy atom. The third-order valence-electron chi connectivity index (χ3n) is 4.70. The molecule has 0 spiro atoms. The fourth-order valence-electron chi connectivity index (χ4n) is 3.39. The van der Waals surface area contributed by atoms with Crippen LogP contribution in [0.3, 0.4) is 0 Å². The number of aromatic nitrogens is 2. The SMILES string of the molecule is CC(=O)N1CC(=O)c2c(Nc3ccccc3)c(-c3ccncc3)n(N)c2C1. The number of amides is 1. The minimum atomic E-state index is -0.154. The lowest BCUT2D eigenvalue weighted by atomic mass is 10.0. The predicted molar refractivity (Wildman–Crippen MR) is 103 cm³/mol. The molecule has 7 heteroatoms. The number of carbonyl (C=O) groups excluding carboxylic acids is 2. The quantitative estimate of drug-likeness (QED) is 0.699. The highest BCUT2D eigenvalue weighted by atomic mass is 16.2. The third-order valence-corrected chi connectivity index (χ3v) is 4.70. The molecule has 0 bridgehead atoms. The number of carbonyl (C=O) groups is 2. The van der Waals surface area contributed by atoms with Gasteiger partial charge in [0.1, 0.15) is 0 Å². The Labute approximate surface area is 156 Å². The van der Waals surface area contributed by atoms with Crippen molar-refractivity contribution in [3.05, 3.63) is 66.1 Å². The van der Waals surface area contributed by atoms with Crippen molar-refractivity contribution in [1.82, 2.24) is 14.6 Å². The Morgan fingerprint density at radius 1 is 1.11 bits per heavy atom. The number of ketones is 1. The second-order valence-corrected chi connectivity index (χ2v) is 6.44. The number of hydrogen-bond donors (Lipinski definition) is 2. The molecule has 4 rings (SSSR count). The number of Topliss-reactive ketones (excluding diaryl/α,β-unsaturated/α-hetero) is 1. The molecule has 7 nitrogen and oxygen atoms in total. The van der Waals surface area contributed by atoms with E-state index in [-0.39, 0.29) is 18.2 Å². The number of nitrogens with two attached hydrogens (primary N) is 1. The van der Waals surface area contributed by atoms with Crippen LogP contribution in [0.15, 0.2) is 54.9 Å². The number of hydrogen-bond acceptors (Lipinski definition) is 5. The number of nitrogen functional groups attached to an aromatic ring is 1. The first-order valence-electron chi connectivity index (χ1n) is 8.60. The number of para-hydroxylation sites is 1. The van der Waals surface area contributed by atoms with Gasteiger partial charge in [0.25, 0.3) is 0 Å². The van der Waals surface area contributed by atoms with Gasteiger partial charge in [-0.3, -0.25) is 19.2 Å². The molecular weight excluding hydrogens is 342 g/mol. The lowest BCUT2D eigenvalue weighted by molar-refractivity contribution is -0.129. The molecular formula is C20H19N5O2. The van der Waals surface area contributed by atoms with Gasteiger partial charge in [-0.05, 0) is 24.3 Å². The number of fused-ring (bicyclic) bond motifs is 1. The first-order valence-corrected chi connectivity index (χ1v) is 8.60. The number of anilines is 2. The molecule has 27 heavy (non-hydrogen) atoms. The highest BCUT2D eigenvalue weighted by molar-refractivity contribution is 6.09. The predicted octanol–water partition coefficient (Wildman–Crippen LogP) is 2.55. The maximum absolute atomic E-state index is 12.9. The van der Waals surface area contributed by atoms with E-state index < -0.39 is 0 Å². The first kappa shape index (κ1) is 16.8. The standard InChI is InChI=1S/C20H19N5O2/c1-13(26)24-11-16-18(17(27)12-24)19(23-15-5-3-2-4-6-15)20(25(16)21)14-7-9-22-10-8-14/h2-10,23H,11-12,21H2,1H3. The van der Waals surface area contributed by atoms with Crippen molar-refractivity contribution in [2.75, 3.05) is 17.7 Å². The third kappa shape index (κ3) is 2.93. The van der Waals surface area contributed by atoms with Crippen molar-refractivity contribution < 1.29 is 9.59 Å². The summed E-state index contributed by atoms with van der Waals surface area (Å²) in [5.41, 5.74) is 4.17. The molecule has 1 aromatic carbocycles. The molecule has 0 atom stereocenters. The Morgan fingerprint density at radius 2 is 1.81 bits per heavy atom. The maximum atomic E-state index is 12.9. The molecule has 2 aromatic heterocycles. The summed E-state index contributed by atoms with van der Waals surface area (Å²) in [7, 11) is 0. The zero-order chi connectivity index (χ0) is 19.0. The summed E-state index contributed by atoms with van der Waals surface area (Å²) >= 11 is 0. The van der Waals surface area contributed by atoms with Gasteiger partial charge in [-0.2, -0.15) is 0 Å². The van der Waals surface area contributed by atoms with Gasteiger partial charge in [-0.1, -0.05) is 18.2 Å². The number of rotatable bonds is 3. The fourth-order valence-corrected chi connectivity index (χ4v) is 3.39. The van der Waals surface area contributed by atoms with Gasteiger partial charge >= 0.3 is 0 Å². The molecule has 1 aliphatic heterocycles. The normalized spacial score (nSPS) is 13.4. The lowest BCUT2D eigenvalue weighted by Crippen LogP contribution is -2.39. The van der Waals surface area contributed by atoms with E-state index in [0.717, 1.165) is 11.3 Å². The molecule has 0 saturated carbocycles.